The molecule has 2 aliphatic rings. The average molecular weight is 202 g/mol. The lowest BCUT2D eigenvalue weighted by atomic mass is 9.89. The summed E-state index contributed by atoms with van der Waals surface area (Å²) in [5, 5.41) is 7.23. The van der Waals surface area contributed by atoms with Crippen LogP contribution >= 0.6 is 0 Å². The molecular weight excluding hydrogens is 184 g/mol. The highest BCUT2D eigenvalue weighted by Gasteiger charge is 2.25. The Morgan fingerprint density at radius 1 is 1.13 bits per heavy atom. The molecule has 0 aromatic heterocycles. The molecule has 1 fully saturated rings. The third-order valence-corrected chi connectivity index (χ3v) is 3.63. The Kier molecular flexibility index (Phi) is 2.37. The molecule has 1 aromatic rings. The molecule has 2 nitrogen and oxygen atoms in total. The maximum absolute atomic E-state index is 3.77. The van der Waals surface area contributed by atoms with Crippen LogP contribution in [0.3, 0.4) is 0 Å². The minimum Gasteiger partial charge on any atom is -0.385 e. The van der Waals surface area contributed by atoms with E-state index < -0.39 is 0 Å². The summed E-state index contributed by atoms with van der Waals surface area (Å²) < 4.78 is 0. The van der Waals surface area contributed by atoms with Gasteiger partial charge in [0, 0.05) is 24.3 Å². The minimum atomic E-state index is 0.577. The number of fused-ring (bicyclic) bond motifs is 1. The number of rotatable bonds is 2. The van der Waals surface area contributed by atoms with E-state index in [2.05, 4.69) is 34.9 Å². The van der Waals surface area contributed by atoms with Gasteiger partial charge >= 0.3 is 0 Å². The molecule has 1 atom stereocenters. The number of nitrogens with one attached hydrogen (secondary N) is 2. The van der Waals surface area contributed by atoms with E-state index in [-0.39, 0.29) is 0 Å². The van der Waals surface area contributed by atoms with Gasteiger partial charge in [-0.05, 0) is 30.9 Å². The molecule has 1 aromatic carbocycles. The van der Waals surface area contributed by atoms with Crippen LogP contribution in [0, 0.1) is 0 Å². The molecule has 0 saturated heterocycles. The van der Waals surface area contributed by atoms with Crippen molar-refractivity contribution < 1.29 is 0 Å². The molecule has 1 saturated carbocycles. The number of benzene rings is 1. The molecule has 80 valence electrons. The molecule has 0 spiro atoms. The quantitative estimate of drug-likeness (QED) is 0.770. The standard InChI is InChI=1S/C13H18N2/c1-2-7-12-11(6-1)13(8-9-14-12)15-10-4-3-5-10/h1-2,6-7,10,13-15H,3-5,8-9H2. The van der Waals surface area contributed by atoms with Crippen LogP contribution in [0.4, 0.5) is 5.69 Å². The van der Waals surface area contributed by atoms with E-state index in [9.17, 15) is 0 Å². The SMILES string of the molecule is c1ccc2c(c1)NCCC2NC1CCC1. The Bertz CT molecular complexity index is 344. The van der Waals surface area contributed by atoms with E-state index in [1.807, 2.05) is 0 Å². The first-order chi connectivity index (χ1) is 7.43. The average Bonchev–Trinajstić information content (AvgIpc) is 2.23. The van der Waals surface area contributed by atoms with Gasteiger partial charge in [0.1, 0.15) is 0 Å². The van der Waals surface area contributed by atoms with Gasteiger partial charge in [0.15, 0.2) is 0 Å². The van der Waals surface area contributed by atoms with Crippen LogP contribution in [0.15, 0.2) is 24.3 Å². The van der Waals surface area contributed by atoms with Crippen molar-refractivity contribution in [1.29, 1.82) is 0 Å². The minimum absolute atomic E-state index is 0.577. The molecule has 0 radical (unpaired) electrons. The van der Waals surface area contributed by atoms with Crippen LogP contribution in [-0.4, -0.2) is 12.6 Å². The molecule has 1 aliphatic carbocycles. The summed E-state index contributed by atoms with van der Waals surface area (Å²) in [6, 6.07) is 10.0. The van der Waals surface area contributed by atoms with Gasteiger partial charge in [0.2, 0.25) is 0 Å². The lowest BCUT2D eigenvalue weighted by Crippen LogP contribution is -2.40. The maximum atomic E-state index is 3.77. The fraction of sp³-hybridized carbons (Fsp3) is 0.538. The normalized spacial score (nSPS) is 25.2. The third kappa shape index (κ3) is 1.74. The summed E-state index contributed by atoms with van der Waals surface area (Å²) in [5.74, 6) is 0. The number of anilines is 1. The van der Waals surface area contributed by atoms with Gasteiger partial charge in [-0.1, -0.05) is 24.6 Å². The fourth-order valence-electron chi connectivity index (χ4n) is 2.50. The zero-order valence-corrected chi connectivity index (χ0v) is 9.00. The Balaban J connectivity index is 1.79. The summed E-state index contributed by atoms with van der Waals surface area (Å²) in [6.07, 6.45) is 5.36. The van der Waals surface area contributed by atoms with Crippen molar-refractivity contribution in [2.24, 2.45) is 0 Å². The molecule has 0 amide bonds. The van der Waals surface area contributed by atoms with Gasteiger partial charge in [0.05, 0.1) is 0 Å². The lowest BCUT2D eigenvalue weighted by Gasteiger charge is -2.35. The molecule has 2 N–H and O–H groups in total. The van der Waals surface area contributed by atoms with Crippen LogP contribution in [0.5, 0.6) is 0 Å². The summed E-state index contributed by atoms with van der Waals surface area (Å²) in [6.45, 7) is 1.10. The Morgan fingerprint density at radius 2 is 2.00 bits per heavy atom. The first-order valence-corrected chi connectivity index (χ1v) is 6.02. The summed E-state index contributed by atoms with van der Waals surface area (Å²) in [5.41, 5.74) is 2.77. The largest absolute Gasteiger partial charge is 0.385 e. The maximum Gasteiger partial charge on any atom is 0.0388 e. The lowest BCUT2D eigenvalue weighted by molar-refractivity contribution is 0.298. The molecular formula is C13H18N2. The van der Waals surface area contributed by atoms with Crippen molar-refractivity contribution >= 4 is 5.69 Å². The smallest absolute Gasteiger partial charge is 0.0388 e. The molecule has 1 unspecified atom stereocenters. The van der Waals surface area contributed by atoms with E-state index in [1.54, 1.807) is 0 Å². The molecule has 3 rings (SSSR count). The monoisotopic (exact) mass is 202 g/mol. The summed E-state index contributed by atoms with van der Waals surface area (Å²) >= 11 is 0. The highest BCUT2D eigenvalue weighted by Crippen LogP contribution is 2.31. The van der Waals surface area contributed by atoms with Gasteiger partial charge in [-0.2, -0.15) is 0 Å². The second kappa shape index (κ2) is 3.86. The van der Waals surface area contributed by atoms with Crippen LogP contribution in [0.2, 0.25) is 0 Å². The Morgan fingerprint density at radius 3 is 2.80 bits per heavy atom. The van der Waals surface area contributed by atoms with Crippen molar-refractivity contribution in [2.75, 3.05) is 11.9 Å². The predicted octanol–water partition coefficient (Wildman–Crippen LogP) is 2.69. The van der Waals surface area contributed by atoms with E-state index >= 15 is 0 Å². The van der Waals surface area contributed by atoms with Crippen molar-refractivity contribution in [1.82, 2.24) is 5.32 Å². The first kappa shape index (κ1) is 9.22. The zero-order valence-electron chi connectivity index (χ0n) is 9.00. The van der Waals surface area contributed by atoms with Crippen LogP contribution < -0.4 is 10.6 Å². The number of hydrogen-bond acceptors (Lipinski definition) is 2. The van der Waals surface area contributed by atoms with E-state index in [0.717, 1.165) is 12.6 Å². The molecule has 1 heterocycles. The van der Waals surface area contributed by atoms with E-state index in [4.69, 9.17) is 0 Å². The van der Waals surface area contributed by atoms with Crippen LogP contribution in [0.1, 0.15) is 37.3 Å². The highest BCUT2D eigenvalue weighted by molar-refractivity contribution is 5.54. The van der Waals surface area contributed by atoms with Gasteiger partial charge in [-0.15, -0.1) is 0 Å². The second-order valence-electron chi connectivity index (χ2n) is 4.65. The second-order valence-corrected chi connectivity index (χ2v) is 4.65. The van der Waals surface area contributed by atoms with Crippen LogP contribution in [0.25, 0.3) is 0 Å². The van der Waals surface area contributed by atoms with Gasteiger partial charge < -0.3 is 10.6 Å². The Hall–Kier alpha value is -1.02. The predicted molar refractivity (Wildman–Crippen MR) is 63.1 cm³/mol. The van der Waals surface area contributed by atoms with Crippen molar-refractivity contribution in [3.63, 3.8) is 0 Å². The van der Waals surface area contributed by atoms with Crippen LogP contribution in [-0.2, 0) is 0 Å². The topological polar surface area (TPSA) is 24.1 Å². The first-order valence-electron chi connectivity index (χ1n) is 6.02. The van der Waals surface area contributed by atoms with Gasteiger partial charge in [-0.3, -0.25) is 0 Å². The van der Waals surface area contributed by atoms with E-state index in [0.29, 0.717) is 6.04 Å². The highest BCUT2D eigenvalue weighted by atomic mass is 15.0. The molecule has 15 heavy (non-hydrogen) atoms. The van der Waals surface area contributed by atoms with Crippen molar-refractivity contribution in [3.8, 4) is 0 Å². The van der Waals surface area contributed by atoms with Gasteiger partial charge in [-0.25, -0.2) is 0 Å². The summed E-state index contributed by atoms with van der Waals surface area (Å²) in [4.78, 5) is 0. The van der Waals surface area contributed by atoms with Gasteiger partial charge in [0.25, 0.3) is 0 Å². The fourth-order valence-corrected chi connectivity index (χ4v) is 2.50. The molecule has 2 heteroatoms. The number of hydrogen-bond donors (Lipinski definition) is 2. The third-order valence-electron chi connectivity index (χ3n) is 3.63. The number of para-hydroxylation sites is 1. The summed E-state index contributed by atoms with van der Waals surface area (Å²) in [7, 11) is 0. The van der Waals surface area contributed by atoms with Crippen molar-refractivity contribution in [3.05, 3.63) is 29.8 Å². The Labute approximate surface area is 91.1 Å². The molecule has 1 aliphatic heterocycles. The zero-order chi connectivity index (χ0) is 10.1. The van der Waals surface area contributed by atoms with Crippen molar-refractivity contribution in [2.45, 2.75) is 37.8 Å². The van der Waals surface area contributed by atoms with E-state index in [1.165, 1.54) is 36.9 Å². The molecule has 0 bridgehead atoms.